The molecule has 0 fully saturated rings. The molecule has 1 N–H and O–H groups in total. The minimum absolute atomic E-state index is 0.0899. The highest BCUT2D eigenvalue weighted by atomic mass is 16.5. The van der Waals surface area contributed by atoms with Crippen molar-refractivity contribution in [1.29, 1.82) is 0 Å². The Hall–Kier alpha value is -3.37. The second kappa shape index (κ2) is 12.2. The molecule has 0 aromatic heterocycles. The van der Waals surface area contributed by atoms with E-state index in [0.29, 0.717) is 0 Å². The van der Waals surface area contributed by atoms with Gasteiger partial charge >= 0.3 is 0 Å². The molecule has 0 saturated heterocycles. The average Bonchev–Trinajstić information content (AvgIpc) is 2.91. The lowest BCUT2D eigenvalue weighted by Gasteiger charge is -2.37. The van der Waals surface area contributed by atoms with Crippen LogP contribution in [0.15, 0.2) is 96.0 Å². The Morgan fingerprint density at radius 2 is 1.59 bits per heavy atom. The summed E-state index contributed by atoms with van der Waals surface area (Å²) >= 11 is 0. The lowest BCUT2D eigenvalue weighted by Crippen LogP contribution is -2.39. The summed E-state index contributed by atoms with van der Waals surface area (Å²) in [6.07, 6.45) is 5.59. The van der Waals surface area contributed by atoms with E-state index in [1.165, 1.54) is 16.8 Å². The van der Waals surface area contributed by atoms with E-state index < -0.39 is 0 Å². The van der Waals surface area contributed by atoms with Gasteiger partial charge in [0.25, 0.3) is 0 Å². The molecule has 4 nitrogen and oxygen atoms in total. The fourth-order valence-electron chi connectivity index (χ4n) is 4.30. The van der Waals surface area contributed by atoms with Crippen molar-refractivity contribution in [1.82, 2.24) is 10.2 Å². The number of allylic oxidation sites excluding steroid dienone is 1. The van der Waals surface area contributed by atoms with Crippen molar-refractivity contribution in [2.45, 2.75) is 38.9 Å². The van der Waals surface area contributed by atoms with Crippen LogP contribution in [-0.2, 0) is 6.54 Å². The Bertz CT molecular complexity index is 1080. The number of hydrogen-bond donors (Lipinski definition) is 1. The predicted molar refractivity (Wildman–Crippen MR) is 142 cm³/mol. The number of ether oxygens (including phenoxy) is 1. The number of rotatable bonds is 11. The number of nitrogens with one attached hydrogen (secondary N) is 1. The number of unbranched alkanes of at least 4 members (excludes halogenated alkanes) is 1. The Labute approximate surface area is 204 Å². The number of benzene rings is 3. The minimum atomic E-state index is 0.0899. The molecule has 1 aliphatic rings. The molecule has 4 heteroatoms. The third-order valence-electron chi connectivity index (χ3n) is 6.19. The Balaban J connectivity index is 1.59. The van der Waals surface area contributed by atoms with Crippen LogP contribution in [0, 0.1) is 0 Å². The van der Waals surface area contributed by atoms with Gasteiger partial charge in [-0.25, -0.2) is 0 Å². The number of hydrogen-bond acceptors (Lipinski definition) is 4. The van der Waals surface area contributed by atoms with E-state index in [1.54, 1.807) is 7.11 Å². The highest BCUT2D eigenvalue weighted by Crippen LogP contribution is 2.29. The molecule has 0 aliphatic carbocycles. The van der Waals surface area contributed by atoms with Gasteiger partial charge < -0.3 is 15.0 Å². The summed E-state index contributed by atoms with van der Waals surface area (Å²) < 4.78 is 5.36. The van der Waals surface area contributed by atoms with Crippen molar-refractivity contribution in [3.8, 4) is 5.75 Å². The molecular weight excluding hydrogens is 418 g/mol. The van der Waals surface area contributed by atoms with Crippen LogP contribution in [0.25, 0.3) is 5.70 Å². The van der Waals surface area contributed by atoms with E-state index in [0.717, 1.165) is 55.9 Å². The molecule has 0 amide bonds. The van der Waals surface area contributed by atoms with Gasteiger partial charge in [-0.2, -0.15) is 0 Å². The molecule has 0 bridgehead atoms. The molecule has 0 spiro atoms. The van der Waals surface area contributed by atoms with Crippen molar-refractivity contribution in [2.75, 3.05) is 20.2 Å². The van der Waals surface area contributed by atoms with E-state index in [9.17, 15) is 0 Å². The molecular formula is C30H35N3O. The van der Waals surface area contributed by atoms with Crippen LogP contribution >= 0.6 is 0 Å². The molecule has 1 unspecified atom stereocenters. The second-order valence-corrected chi connectivity index (χ2v) is 8.62. The summed E-state index contributed by atoms with van der Waals surface area (Å²) in [7, 11) is 1.70. The van der Waals surface area contributed by atoms with Crippen LogP contribution in [0.1, 0.15) is 42.9 Å². The van der Waals surface area contributed by atoms with Gasteiger partial charge in [-0.3, -0.25) is 4.99 Å². The summed E-state index contributed by atoms with van der Waals surface area (Å²) in [5, 5.41) is 3.62. The Kier molecular flexibility index (Phi) is 8.53. The highest BCUT2D eigenvalue weighted by molar-refractivity contribution is 6.13. The average molecular weight is 454 g/mol. The van der Waals surface area contributed by atoms with Crippen LogP contribution in [0.5, 0.6) is 5.75 Å². The number of nitrogens with zero attached hydrogens (tertiary/aromatic N) is 2. The molecule has 0 saturated carbocycles. The standard InChI is InChI=1S/C30H35N3O/c1-3-4-21-33-29(26-13-9-6-10-14-26)22-28(25-15-17-27(34-2)18-16-25)32-30(33)19-20-31-23-24-11-7-5-8-12-24/h5-18,22,30-31H,3-4,19-21,23H2,1-2H3. The van der Waals surface area contributed by atoms with Crippen LogP contribution in [0.3, 0.4) is 0 Å². The second-order valence-electron chi connectivity index (χ2n) is 8.62. The molecule has 4 rings (SSSR count). The first-order valence-electron chi connectivity index (χ1n) is 12.3. The van der Waals surface area contributed by atoms with Crippen LogP contribution < -0.4 is 10.1 Å². The van der Waals surface area contributed by atoms with Crippen LogP contribution in [-0.4, -0.2) is 37.0 Å². The maximum absolute atomic E-state index is 5.36. The molecule has 0 radical (unpaired) electrons. The van der Waals surface area contributed by atoms with Gasteiger partial charge in [0.05, 0.1) is 12.8 Å². The molecule has 1 heterocycles. The van der Waals surface area contributed by atoms with Gasteiger partial charge in [0.2, 0.25) is 0 Å². The lowest BCUT2D eigenvalue weighted by molar-refractivity contribution is 0.277. The van der Waals surface area contributed by atoms with Crippen molar-refractivity contribution >= 4 is 11.4 Å². The highest BCUT2D eigenvalue weighted by Gasteiger charge is 2.26. The monoisotopic (exact) mass is 453 g/mol. The first-order valence-corrected chi connectivity index (χ1v) is 12.3. The summed E-state index contributed by atoms with van der Waals surface area (Å²) in [5.74, 6) is 0.860. The quantitative estimate of drug-likeness (QED) is 0.354. The molecule has 1 atom stereocenters. The van der Waals surface area contributed by atoms with Gasteiger partial charge in [0.1, 0.15) is 11.9 Å². The van der Waals surface area contributed by atoms with E-state index in [1.807, 2.05) is 12.1 Å². The third-order valence-corrected chi connectivity index (χ3v) is 6.19. The lowest BCUT2D eigenvalue weighted by atomic mass is 10.0. The predicted octanol–water partition coefficient (Wildman–Crippen LogP) is 6.15. The first kappa shape index (κ1) is 23.8. The summed E-state index contributed by atoms with van der Waals surface area (Å²) in [6, 6.07) is 29.5. The van der Waals surface area contributed by atoms with Gasteiger partial charge in [0.15, 0.2) is 0 Å². The van der Waals surface area contributed by atoms with E-state index >= 15 is 0 Å². The van der Waals surface area contributed by atoms with Gasteiger partial charge in [-0.15, -0.1) is 0 Å². The minimum Gasteiger partial charge on any atom is -0.497 e. The molecule has 34 heavy (non-hydrogen) atoms. The normalized spacial score (nSPS) is 15.6. The van der Waals surface area contributed by atoms with Gasteiger partial charge in [-0.1, -0.05) is 74.0 Å². The fourth-order valence-corrected chi connectivity index (χ4v) is 4.30. The zero-order chi connectivity index (χ0) is 23.6. The molecule has 3 aromatic rings. The first-order chi connectivity index (χ1) is 16.8. The van der Waals surface area contributed by atoms with Crippen LogP contribution in [0.4, 0.5) is 0 Å². The van der Waals surface area contributed by atoms with Crippen molar-refractivity contribution < 1.29 is 4.74 Å². The number of aliphatic imine (C=N–C) groups is 1. The summed E-state index contributed by atoms with van der Waals surface area (Å²) in [6.45, 7) is 5.03. The molecule has 176 valence electrons. The summed E-state index contributed by atoms with van der Waals surface area (Å²) in [4.78, 5) is 7.74. The van der Waals surface area contributed by atoms with Crippen molar-refractivity contribution in [2.24, 2.45) is 4.99 Å². The SMILES string of the molecule is CCCCN1C(c2ccccc2)=CC(c2ccc(OC)cc2)=NC1CCNCc1ccccc1. The van der Waals surface area contributed by atoms with E-state index in [-0.39, 0.29) is 6.17 Å². The number of methoxy groups -OCH3 is 1. The third kappa shape index (κ3) is 6.15. The van der Waals surface area contributed by atoms with E-state index in [2.05, 4.69) is 96.0 Å². The maximum atomic E-state index is 5.36. The maximum Gasteiger partial charge on any atom is 0.123 e. The zero-order valence-corrected chi connectivity index (χ0v) is 20.3. The van der Waals surface area contributed by atoms with Gasteiger partial charge in [-0.05, 0) is 54.4 Å². The fraction of sp³-hybridized carbons (Fsp3) is 0.300. The largest absolute Gasteiger partial charge is 0.497 e. The zero-order valence-electron chi connectivity index (χ0n) is 20.3. The van der Waals surface area contributed by atoms with E-state index in [4.69, 9.17) is 9.73 Å². The molecule has 3 aromatic carbocycles. The molecule has 1 aliphatic heterocycles. The van der Waals surface area contributed by atoms with Crippen molar-refractivity contribution in [3.05, 3.63) is 108 Å². The van der Waals surface area contributed by atoms with Crippen molar-refractivity contribution in [3.63, 3.8) is 0 Å². The smallest absolute Gasteiger partial charge is 0.123 e. The van der Waals surface area contributed by atoms with Crippen LogP contribution in [0.2, 0.25) is 0 Å². The summed E-state index contributed by atoms with van der Waals surface area (Å²) in [5.41, 5.74) is 5.94. The Morgan fingerprint density at radius 3 is 2.26 bits per heavy atom. The van der Waals surface area contributed by atoms with Gasteiger partial charge in [0, 0.05) is 30.8 Å². The topological polar surface area (TPSA) is 36.9 Å². The Morgan fingerprint density at radius 1 is 0.882 bits per heavy atom.